The van der Waals surface area contributed by atoms with Gasteiger partial charge in [0.1, 0.15) is 31.7 Å². The van der Waals surface area contributed by atoms with Crippen molar-refractivity contribution in [1.82, 2.24) is 10.3 Å². The van der Waals surface area contributed by atoms with Gasteiger partial charge in [0, 0.05) is 41.8 Å². The molecule has 3 aromatic carbocycles. The molecule has 0 spiro atoms. The van der Waals surface area contributed by atoms with Crippen molar-refractivity contribution in [2.45, 2.75) is 12.5 Å². The number of aromatic nitrogens is 1. The normalized spacial score (nSPS) is 15.4. The van der Waals surface area contributed by atoms with E-state index >= 15 is 0 Å². The molecule has 1 aliphatic rings. The number of ether oxygens (including phenoxy) is 5. The van der Waals surface area contributed by atoms with Crippen LogP contribution in [0.25, 0.3) is 21.8 Å². The standard InChI is InChI=1S/C35H41N3O6/c1-40-30-9-3-4-10-31(30)43-18-16-37-22-26(39)23-44-33-12-6-8-29-35(33)27-20-25(13-14-28(27)38-29)19-24-7-5-11-32(42-17-15-36)34(21-24)41-2/h3-14,20-21,24,26,37-39H,15-19,22-23,36H2,1-2H3. The molecule has 0 saturated carbocycles. The molecule has 9 nitrogen and oxygen atoms in total. The average Bonchev–Trinajstić information content (AvgIpc) is 3.31. The zero-order chi connectivity index (χ0) is 30.7. The Labute approximate surface area is 257 Å². The third-order valence-electron chi connectivity index (χ3n) is 7.35. The Balaban J connectivity index is 1.20. The summed E-state index contributed by atoms with van der Waals surface area (Å²) in [4.78, 5) is 3.50. The molecule has 5 N–H and O–H groups in total. The van der Waals surface area contributed by atoms with E-state index in [9.17, 15) is 5.11 Å². The lowest BCUT2D eigenvalue weighted by Crippen LogP contribution is -2.33. The number of rotatable bonds is 16. The molecule has 0 amide bonds. The van der Waals surface area contributed by atoms with Crippen LogP contribution in [0, 0.1) is 5.92 Å². The van der Waals surface area contributed by atoms with E-state index < -0.39 is 6.10 Å². The number of allylic oxidation sites excluding steroid dienone is 4. The summed E-state index contributed by atoms with van der Waals surface area (Å²) in [6, 6.07) is 19.9. The first kappa shape index (κ1) is 31.0. The van der Waals surface area contributed by atoms with Crippen LogP contribution in [0.3, 0.4) is 0 Å². The number of aliphatic hydroxyl groups is 1. The van der Waals surface area contributed by atoms with Crippen LogP contribution in [0.15, 0.2) is 96.5 Å². The second kappa shape index (κ2) is 15.3. The van der Waals surface area contributed by atoms with Gasteiger partial charge in [-0.25, -0.2) is 0 Å². The van der Waals surface area contributed by atoms with E-state index in [0.717, 1.165) is 34.0 Å². The lowest BCUT2D eigenvalue weighted by Gasteiger charge is -2.15. The predicted molar refractivity (Wildman–Crippen MR) is 173 cm³/mol. The predicted octanol–water partition coefficient (Wildman–Crippen LogP) is 4.86. The minimum absolute atomic E-state index is 0.126. The number of nitrogens with two attached hydrogens (primary N) is 1. The van der Waals surface area contributed by atoms with Crippen LogP contribution in [-0.4, -0.2) is 69.9 Å². The molecule has 5 rings (SSSR count). The summed E-state index contributed by atoms with van der Waals surface area (Å²) in [6.07, 6.45) is 8.25. The summed E-state index contributed by atoms with van der Waals surface area (Å²) < 4.78 is 28.6. The molecular weight excluding hydrogens is 558 g/mol. The fourth-order valence-electron chi connectivity index (χ4n) is 5.25. The maximum atomic E-state index is 10.6. The molecule has 4 aromatic rings. The maximum Gasteiger partial charge on any atom is 0.161 e. The number of fused-ring (bicyclic) bond motifs is 3. The number of methoxy groups -OCH3 is 2. The van der Waals surface area contributed by atoms with Gasteiger partial charge in [0.15, 0.2) is 23.0 Å². The van der Waals surface area contributed by atoms with Gasteiger partial charge in [-0.3, -0.25) is 0 Å². The van der Waals surface area contributed by atoms with E-state index in [4.69, 9.17) is 29.4 Å². The number of aliphatic hydroxyl groups excluding tert-OH is 1. The van der Waals surface area contributed by atoms with Crippen LogP contribution in [0.4, 0.5) is 0 Å². The van der Waals surface area contributed by atoms with Crippen molar-refractivity contribution in [2.75, 3.05) is 53.7 Å². The zero-order valence-electron chi connectivity index (χ0n) is 25.3. The van der Waals surface area contributed by atoms with Crippen LogP contribution < -0.4 is 25.3 Å². The van der Waals surface area contributed by atoms with E-state index in [1.54, 1.807) is 14.2 Å². The highest BCUT2D eigenvalue weighted by molar-refractivity contribution is 6.10. The highest BCUT2D eigenvalue weighted by Crippen LogP contribution is 2.34. The van der Waals surface area contributed by atoms with Crippen molar-refractivity contribution >= 4 is 21.8 Å². The number of aromatic amines is 1. The van der Waals surface area contributed by atoms with Gasteiger partial charge >= 0.3 is 0 Å². The second-order valence-electron chi connectivity index (χ2n) is 10.5. The summed E-state index contributed by atoms with van der Waals surface area (Å²) in [5, 5.41) is 15.9. The monoisotopic (exact) mass is 599 g/mol. The summed E-state index contributed by atoms with van der Waals surface area (Å²) >= 11 is 0. The van der Waals surface area contributed by atoms with E-state index in [1.807, 2.05) is 54.6 Å². The molecule has 2 atom stereocenters. The van der Waals surface area contributed by atoms with Crippen LogP contribution in [-0.2, 0) is 15.9 Å². The Bertz CT molecular complexity index is 1630. The molecule has 1 aromatic heterocycles. The summed E-state index contributed by atoms with van der Waals surface area (Å²) in [7, 11) is 3.27. The van der Waals surface area contributed by atoms with Crippen molar-refractivity contribution < 1.29 is 28.8 Å². The van der Waals surface area contributed by atoms with Gasteiger partial charge in [-0.15, -0.1) is 0 Å². The van der Waals surface area contributed by atoms with Gasteiger partial charge in [-0.05, 0) is 60.5 Å². The Morgan fingerprint density at radius 1 is 0.886 bits per heavy atom. The highest BCUT2D eigenvalue weighted by atomic mass is 16.5. The number of benzene rings is 3. The van der Waals surface area contributed by atoms with E-state index in [2.05, 4.69) is 40.7 Å². The topological polar surface area (TPSA) is 120 Å². The van der Waals surface area contributed by atoms with Gasteiger partial charge in [0.2, 0.25) is 0 Å². The number of nitrogens with one attached hydrogen (secondary N) is 2. The zero-order valence-corrected chi connectivity index (χ0v) is 25.3. The van der Waals surface area contributed by atoms with Crippen molar-refractivity contribution in [2.24, 2.45) is 11.7 Å². The molecular formula is C35H41N3O6. The van der Waals surface area contributed by atoms with Crippen LogP contribution in [0.2, 0.25) is 0 Å². The van der Waals surface area contributed by atoms with Crippen molar-refractivity contribution in [3.63, 3.8) is 0 Å². The number of hydrogen-bond acceptors (Lipinski definition) is 8. The smallest absolute Gasteiger partial charge is 0.161 e. The van der Waals surface area contributed by atoms with Gasteiger partial charge in [-0.1, -0.05) is 36.4 Å². The minimum Gasteiger partial charge on any atom is -0.493 e. The van der Waals surface area contributed by atoms with Gasteiger partial charge < -0.3 is 44.8 Å². The van der Waals surface area contributed by atoms with E-state index in [-0.39, 0.29) is 12.5 Å². The lowest BCUT2D eigenvalue weighted by atomic mass is 9.97. The number of para-hydroxylation sites is 2. The van der Waals surface area contributed by atoms with Gasteiger partial charge in [0.05, 0.1) is 19.7 Å². The molecule has 44 heavy (non-hydrogen) atoms. The molecule has 0 aliphatic heterocycles. The lowest BCUT2D eigenvalue weighted by molar-refractivity contribution is 0.106. The molecule has 0 fully saturated rings. The van der Waals surface area contributed by atoms with Crippen LogP contribution >= 0.6 is 0 Å². The third-order valence-corrected chi connectivity index (χ3v) is 7.35. The molecule has 0 radical (unpaired) electrons. The SMILES string of the molecule is COC1=CC(Cc2ccc3[nH]c4cccc(OCC(O)CNCCOc5ccccc5OC)c4c3c2)C=CC=C1OCCN. The molecule has 0 saturated heterocycles. The second-order valence-corrected chi connectivity index (χ2v) is 10.5. The van der Waals surface area contributed by atoms with Crippen molar-refractivity contribution in [3.8, 4) is 17.2 Å². The van der Waals surface area contributed by atoms with Gasteiger partial charge in [0.25, 0.3) is 0 Å². The first-order valence-electron chi connectivity index (χ1n) is 14.9. The first-order valence-corrected chi connectivity index (χ1v) is 14.9. The van der Waals surface area contributed by atoms with Crippen molar-refractivity contribution in [3.05, 3.63) is 102 Å². The Morgan fingerprint density at radius 3 is 2.55 bits per heavy atom. The quantitative estimate of drug-likeness (QED) is 0.135. The molecule has 232 valence electrons. The Kier molecular flexibility index (Phi) is 10.8. The van der Waals surface area contributed by atoms with E-state index in [0.29, 0.717) is 55.9 Å². The first-order chi connectivity index (χ1) is 21.6. The molecule has 1 heterocycles. The summed E-state index contributed by atoms with van der Waals surface area (Å²) in [5.41, 5.74) is 8.80. The molecule has 2 unspecified atom stereocenters. The number of hydrogen-bond donors (Lipinski definition) is 4. The van der Waals surface area contributed by atoms with Crippen molar-refractivity contribution in [1.29, 1.82) is 0 Å². The van der Waals surface area contributed by atoms with Gasteiger partial charge in [-0.2, -0.15) is 0 Å². The third kappa shape index (κ3) is 7.74. The minimum atomic E-state index is -0.687. The number of H-pyrrole nitrogens is 1. The molecule has 1 aliphatic carbocycles. The van der Waals surface area contributed by atoms with E-state index in [1.165, 1.54) is 5.56 Å². The fraction of sp³-hybridized carbons (Fsp3) is 0.314. The summed E-state index contributed by atoms with van der Waals surface area (Å²) in [6.45, 7) is 2.43. The Hall–Kier alpha value is -4.44. The van der Waals surface area contributed by atoms with Crippen LogP contribution in [0.5, 0.6) is 17.2 Å². The maximum absolute atomic E-state index is 10.6. The molecule has 9 heteroatoms. The average molecular weight is 600 g/mol. The highest BCUT2D eigenvalue weighted by Gasteiger charge is 2.16. The fourth-order valence-corrected chi connectivity index (χ4v) is 5.25. The van der Waals surface area contributed by atoms with Crippen LogP contribution in [0.1, 0.15) is 5.56 Å². The largest absolute Gasteiger partial charge is 0.493 e. The summed E-state index contributed by atoms with van der Waals surface area (Å²) in [5.74, 6) is 3.63. The Morgan fingerprint density at radius 2 is 1.73 bits per heavy atom. The molecule has 0 bridgehead atoms.